The second-order valence-electron chi connectivity index (χ2n) is 9.03. The molecule has 2 bridgehead atoms. The Balaban J connectivity index is 1.12. The second-order valence-corrected chi connectivity index (χ2v) is 9.03. The molecule has 0 spiro atoms. The topological polar surface area (TPSA) is 132 Å². The fourth-order valence-corrected chi connectivity index (χ4v) is 4.55. The lowest BCUT2D eigenvalue weighted by Crippen LogP contribution is -2.68. The van der Waals surface area contributed by atoms with Gasteiger partial charge in [-0.05, 0) is 25.2 Å². The number of rotatable bonds is 7. The molecule has 3 saturated carbocycles. The number of alkyl carbamates (subject to hydrolysis) is 1. The van der Waals surface area contributed by atoms with Crippen molar-refractivity contribution in [3.63, 3.8) is 0 Å². The minimum Gasteiger partial charge on any atom is -0.467 e. The SMILES string of the molecule is Cn1nc(OCC(F)(F)F)cc1C(=O)Nc1cc([C@@H]2C[C@H](OC(=O)NC34CC(C3)C4)CO2)[nH]n1. The Hall–Kier alpha value is -3.29. The van der Waals surface area contributed by atoms with Crippen LogP contribution >= 0.6 is 0 Å². The lowest BCUT2D eigenvalue weighted by molar-refractivity contribution is -0.154. The first kappa shape index (κ1) is 22.5. The van der Waals surface area contributed by atoms with Gasteiger partial charge in [0.2, 0.25) is 5.88 Å². The van der Waals surface area contributed by atoms with Crippen molar-refractivity contribution < 1.29 is 37.0 Å². The Morgan fingerprint density at radius 1 is 1.32 bits per heavy atom. The predicted octanol–water partition coefficient (Wildman–Crippen LogP) is 2.45. The van der Waals surface area contributed by atoms with Crippen LogP contribution in [0.1, 0.15) is 48.0 Å². The number of aromatic amines is 1. The summed E-state index contributed by atoms with van der Waals surface area (Å²) in [4.78, 5) is 24.6. The Morgan fingerprint density at radius 2 is 2.09 bits per heavy atom. The summed E-state index contributed by atoms with van der Waals surface area (Å²) in [6.07, 6.45) is -2.24. The number of carbonyl (C=O) groups excluding carboxylic acids is 2. The molecule has 0 unspecified atom stereocenters. The molecule has 3 heterocycles. The van der Waals surface area contributed by atoms with E-state index in [4.69, 9.17) is 9.47 Å². The van der Waals surface area contributed by atoms with Gasteiger partial charge in [-0.15, -0.1) is 5.10 Å². The number of anilines is 1. The summed E-state index contributed by atoms with van der Waals surface area (Å²) in [6, 6.07) is 2.68. The van der Waals surface area contributed by atoms with Crippen molar-refractivity contribution in [2.24, 2.45) is 13.0 Å². The van der Waals surface area contributed by atoms with Gasteiger partial charge in [0.15, 0.2) is 12.4 Å². The summed E-state index contributed by atoms with van der Waals surface area (Å²) in [7, 11) is 1.40. The van der Waals surface area contributed by atoms with E-state index in [-0.39, 0.29) is 29.5 Å². The molecule has 1 saturated heterocycles. The van der Waals surface area contributed by atoms with Gasteiger partial charge in [0.25, 0.3) is 5.91 Å². The van der Waals surface area contributed by atoms with Crippen molar-refractivity contribution in [1.29, 1.82) is 0 Å². The average Bonchev–Trinajstić information content (AvgIpc) is 3.41. The first-order valence-electron chi connectivity index (χ1n) is 10.8. The maximum atomic E-state index is 12.5. The molecule has 4 fully saturated rings. The summed E-state index contributed by atoms with van der Waals surface area (Å²) in [5.74, 6) is -0.0181. The number of aryl methyl sites for hydroxylation is 1. The van der Waals surface area contributed by atoms with Gasteiger partial charge in [0, 0.05) is 31.1 Å². The molecule has 3 N–H and O–H groups in total. The van der Waals surface area contributed by atoms with Gasteiger partial charge in [0.05, 0.1) is 12.3 Å². The normalized spacial score (nSPS) is 27.5. The van der Waals surface area contributed by atoms with Crippen molar-refractivity contribution in [3.05, 3.63) is 23.5 Å². The van der Waals surface area contributed by atoms with E-state index in [2.05, 4.69) is 30.7 Å². The first-order valence-corrected chi connectivity index (χ1v) is 10.8. The molecule has 184 valence electrons. The van der Waals surface area contributed by atoms with E-state index in [1.54, 1.807) is 6.07 Å². The molecule has 3 aliphatic carbocycles. The van der Waals surface area contributed by atoms with E-state index < -0.39 is 37.0 Å². The summed E-state index contributed by atoms with van der Waals surface area (Å²) >= 11 is 0. The molecule has 2 atom stereocenters. The molecular formula is C20H23F3N6O5. The zero-order chi connectivity index (χ0) is 24.1. The Bertz CT molecular complexity index is 1080. The van der Waals surface area contributed by atoms with Crippen LogP contribution in [0.15, 0.2) is 12.1 Å². The molecule has 11 nitrogen and oxygen atoms in total. The molecule has 1 aliphatic heterocycles. The molecule has 14 heteroatoms. The monoisotopic (exact) mass is 484 g/mol. The quantitative estimate of drug-likeness (QED) is 0.550. The van der Waals surface area contributed by atoms with E-state index in [0.717, 1.165) is 35.9 Å². The van der Waals surface area contributed by atoms with Crippen LogP contribution in [0, 0.1) is 5.92 Å². The molecule has 2 aromatic rings. The third-order valence-electron chi connectivity index (χ3n) is 6.30. The number of hydrogen-bond acceptors (Lipinski definition) is 7. The van der Waals surface area contributed by atoms with E-state index in [0.29, 0.717) is 12.1 Å². The molecule has 6 rings (SSSR count). The minimum atomic E-state index is -4.52. The number of hydrogen-bond donors (Lipinski definition) is 3. The van der Waals surface area contributed by atoms with Crippen LogP contribution in [0.4, 0.5) is 23.8 Å². The summed E-state index contributed by atoms with van der Waals surface area (Å²) in [5.41, 5.74) is 0.512. The number of nitrogens with zero attached hydrogens (tertiary/aromatic N) is 3. The van der Waals surface area contributed by atoms with Crippen molar-refractivity contribution >= 4 is 17.8 Å². The first-order chi connectivity index (χ1) is 16.1. The Kier molecular flexibility index (Phi) is 5.41. The fourth-order valence-electron chi connectivity index (χ4n) is 4.55. The standard InChI is InChI=1S/C20H23F3N6O5/c1-29-13(4-16(28-29)33-9-20(21,22)23)17(30)24-15-3-12(26-27-15)14-2-11(8-32-14)34-18(31)25-19-5-10(6-19)7-19/h3-4,10-11,14H,2,5-9H2,1H3,(H,25,31)(H2,24,26,27,30)/t10?,11-,14-,19?/m0/s1. The molecule has 4 aliphatic rings. The average molecular weight is 484 g/mol. The highest BCUT2D eigenvalue weighted by molar-refractivity contribution is 6.02. The largest absolute Gasteiger partial charge is 0.467 e. The third kappa shape index (κ3) is 4.67. The van der Waals surface area contributed by atoms with Gasteiger partial charge in [-0.25, -0.2) is 4.79 Å². The maximum Gasteiger partial charge on any atom is 0.422 e. The van der Waals surface area contributed by atoms with Crippen molar-refractivity contribution in [1.82, 2.24) is 25.3 Å². The summed E-state index contributed by atoms with van der Waals surface area (Å²) in [6.45, 7) is -1.27. The van der Waals surface area contributed by atoms with Crippen LogP contribution < -0.4 is 15.4 Å². The summed E-state index contributed by atoms with van der Waals surface area (Å²) in [5, 5.41) is 16.0. The fraction of sp³-hybridized carbons (Fsp3) is 0.600. The molecular weight excluding hydrogens is 461 g/mol. The van der Waals surface area contributed by atoms with Crippen LogP contribution in [0.3, 0.4) is 0 Å². The number of aromatic nitrogens is 4. The van der Waals surface area contributed by atoms with Crippen LogP contribution in [0.25, 0.3) is 0 Å². The highest BCUT2D eigenvalue weighted by atomic mass is 19.4. The summed E-state index contributed by atoms with van der Waals surface area (Å²) < 4.78 is 53.8. The zero-order valence-corrected chi connectivity index (χ0v) is 18.1. The number of halogens is 3. The minimum absolute atomic E-state index is 0.0120. The van der Waals surface area contributed by atoms with Crippen LogP contribution in [-0.2, 0) is 16.5 Å². The lowest BCUT2D eigenvalue weighted by Gasteiger charge is -2.61. The smallest absolute Gasteiger partial charge is 0.422 e. The lowest BCUT2D eigenvalue weighted by atomic mass is 9.50. The van der Waals surface area contributed by atoms with Crippen molar-refractivity contribution in [3.8, 4) is 5.88 Å². The highest BCUT2D eigenvalue weighted by Crippen LogP contribution is 2.56. The Morgan fingerprint density at radius 3 is 2.76 bits per heavy atom. The van der Waals surface area contributed by atoms with E-state index in [9.17, 15) is 22.8 Å². The number of amides is 2. The van der Waals surface area contributed by atoms with Crippen molar-refractivity contribution in [2.45, 2.75) is 49.6 Å². The Labute approximate surface area is 191 Å². The zero-order valence-electron chi connectivity index (χ0n) is 18.1. The van der Waals surface area contributed by atoms with Gasteiger partial charge >= 0.3 is 12.3 Å². The molecule has 2 amide bonds. The molecule has 2 aromatic heterocycles. The van der Waals surface area contributed by atoms with Crippen LogP contribution in [0.5, 0.6) is 5.88 Å². The van der Waals surface area contributed by atoms with Gasteiger partial charge in [-0.3, -0.25) is 14.6 Å². The molecule has 34 heavy (non-hydrogen) atoms. The van der Waals surface area contributed by atoms with E-state index in [1.807, 2.05) is 0 Å². The maximum absolute atomic E-state index is 12.5. The number of H-pyrrole nitrogens is 1. The van der Waals surface area contributed by atoms with Gasteiger partial charge in [0.1, 0.15) is 17.9 Å². The molecule has 0 radical (unpaired) electrons. The van der Waals surface area contributed by atoms with Crippen LogP contribution in [-0.4, -0.2) is 63.0 Å². The number of ether oxygens (including phenoxy) is 3. The second kappa shape index (κ2) is 8.18. The van der Waals surface area contributed by atoms with Gasteiger partial charge < -0.3 is 24.8 Å². The predicted molar refractivity (Wildman–Crippen MR) is 108 cm³/mol. The van der Waals surface area contributed by atoms with Crippen molar-refractivity contribution in [2.75, 3.05) is 18.5 Å². The number of nitrogens with one attached hydrogen (secondary N) is 3. The number of alkyl halides is 3. The third-order valence-corrected chi connectivity index (χ3v) is 6.30. The van der Waals surface area contributed by atoms with Crippen LogP contribution in [0.2, 0.25) is 0 Å². The van der Waals surface area contributed by atoms with Gasteiger partial charge in [-0.2, -0.15) is 18.3 Å². The van der Waals surface area contributed by atoms with E-state index in [1.165, 1.54) is 7.05 Å². The number of carbonyl (C=O) groups is 2. The van der Waals surface area contributed by atoms with Gasteiger partial charge in [-0.1, -0.05) is 0 Å². The highest BCUT2D eigenvalue weighted by Gasteiger charge is 2.57. The van der Waals surface area contributed by atoms with E-state index >= 15 is 0 Å². The molecule has 0 aromatic carbocycles.